The first-order valence-electron chi connectivity index (χ1n) is 10.2. The minimum Gasteiger partial charge on any atom is -0.489 e. The topological polar surface area (TPSA) is 32.8 Å². The summed E-state index contributed by atoms with van der Waals surface area (Å²) in [5.74, 6) is -9.64. The second-order valence-electron chi connectivity index (χ2n) is 7.50. The summed E-state index contributed by atoms with van der Waals surface area (Å²) in [5, 5.41) is 0. The molecule has 0 spiro atoms. The highest BCUT2D eigenvalue weighted by atomic mass is 19.2. The zero-order chi connectivity index (χ0) is 23.5. The van der Waals surface area contributed by atoms with Crippen LogP contribution in [0.1, 0.15) is 15.9 Å². The highest BCUT2D eigenvalue weighted by Gasteiger charge is 2.31. The van der Waals surface area contributed by atoms with Crippen molar-refractivity contribution in [2.75, 3.05) is 31.1 Å². The molecule has 4 nitrogen and oxygen atoms in total. The number of anilines is 1. The molecule has 0 bridgehead atoms. The smallest absolute Gasteiger partial charge is 0.253 e. The Kier molecular flexibility index (Phi) is 6.48. The van der Waals surface area contributed by atoms with Gasteiger partial charge in [0.25, 0.3) is 5.91 Å². The van der Waals surface area contributed by atoms with Gasteiger partial charge in [0.15, 0.2) is 23.3 Å². The average molecular weight is 462 g/mol. The summed E-state index contributed by atoms with van der Waals surface area (Å²) in [5.41, 5.74) is 0.425. The molecule has 0 N–H and O–H groups in total. The molecule has 0 saturated carbocycles. The number of halogens is 5. The quantitative estimate of drug-likeness (QED) is 0.307. The van der Waals surface area contributed by atoms with Crippen molar-refractivity contribution in [2.24, 2.45) is 0 Å². The van der Waals surface area contributed by atoms with Gasteiger partial charge in [-0.25, -0.2) is 22.0 Å². The fourth-order valence-electron chi connectivity index (χ4n) is 3.62. The predicted octanol–water partition coefficient (Wildman–Crippen LogP) is 4.92. The molecular weight excluding hydrogens is 443 g/mol. The van der Waals surface area contributed by atoms with E-state index < -0.39 is 34.8 Å². The monoisotopic (exact) mass is 462 g/mol. The normalized spacial score (nSPS) is 13.8. The van der Waals surface area contributed by atoms with E-state index in [4.69, 9.17) is 4.74 Å². The number of piperazine rings is 1. The van der Waals surface area contributed by atoms with E-state index in [9.17, 15) is 26.7 Å². The highest BCUT2D eigenvalue weighted by Crippen LogP contribution is 2.31. The molecule has 3 aromatic rings. The van der Waals surface area contributed by atoms with Crippen LogP contribution in [0.5, 0.6) is 5.75 Å². The van der Waals surface area contributed by atoms with Gasteiger partial charge in [0, 0.05) is 31.7 Å². The van der Waals surface area contributed by atoms with Crippen LogP contribution in [0.25, 0.3) is 0 Å². The first kappa shape index (κ1) is 22.6. The molecule has 1 saturated heterocycles. The van der Waals surface area contributed by atoms with Crippen molar-refractivity contribution in [1.29, 1.82) is 0 Å². The number of hydrogen-bond donors (Lipinski definition) is 0. The molecule has 1 heterocycles. The van der Waals surface area contributed by atoms with Gasteiger partial charge >= 0.3 is 0 Å². The molecule has 33 heavy (non-hydrogen) atoms. The molecule has 0 aromatic heterocycles. The van der Waals surface area contributed by atoms with Gasteiger partial charge in [0.05, 0.1) is 0 Å². The van der Waals surface area contributed by atoms with Gasteiger partial charge in [-0.05, 0) is 29.8 Å². The molecule has 9 heteroatoms. The van der Waals surface area contributed by atoms with Gasteiger partial charge in [-0.3, -0.25) is 4.79 Å². The second-order valence-corrected chi connectivity index (χ2v) is 7.50. The lowest BCUT2D eigenvalue weighted by molar-refractivity contribution is 0.0746. The Morgan fingerprint density at radius 3 is 1.85 bits per heavy atom. The van der Waals surface area contributed by atoms with Crippen LogP contribution in [-0.2, 0) is 6.61 Å². The van der Waals surface area contributed by atoms with Crippen molar-refractivity contribution in [3.63, 3.8) is 0 Å². The summed E-state index contributed by atoms with van der Waals surface area (Å²) in [7, 11) is 0. The Balaban J connectivity index is 1.38. The maximum Gasteiger partial charge on any atom is 0.253 e. The predicted molar refractivity (Wildman–Crippen MR) is 112 cm³/mol. The van der Waals surface area contributed by atoms with Gasteiger partial charge in [-0.1, -0.05) is 30.3 Å². The third-order valence-electron chi connectivity index (χ3n) is 5.42. The molecule has 1 fully saturated rings. The first-order valence-corrected chi connectivity index (χ1v) is 10.2. The van der Waals surface area contributed by atoms with Gasteiger partial charge in [0.2, 0.25) is 5.82 Å². The van der Waals surface area contributed by atoms with Crippen molar-refractivity contribution in [3.05, 3.63) is 94.8 Å². The maximum absolute atomic E-state index is 14.1. The fourth-order valence-corrected chi connectivity index (χ4v) is 3.62. The van der Waals surface area contributed by atoms with Crippen LogP contribution in [0.15, 0.2) is 54.6 Å². The molecule has 4 rings (SSSR count). The van der Waals surface area contributed by atoms with E-state index in [2.05, 4.69) is 0 Å². The van der Waals surface area contributed by atoms with Crippen molar-refractivity contribution < 1.29 is 31.5 Å². The Hall–Kier alpha value is -3.62. The van der Waals surface area contributed by atoms with Gasteiger partial charge in [-0.2, -0.15) is 0 Å². The number of benzene rings is 3. The zero-order valence-electron chi connectivity index (χ0n) is 17.3. The molecule has 0 atom stereocenters. The van der Waals surface area contributed by atoms with Gasteiger partial charge in [-0.15, -0.1) is 0 Å². The Labute approximate surface area is 186 Å². The number of hydrogen-bond acceptors (Lipinski definition) is 3. The second kappa shape index (κ2) is 9.48. The lowest BCUT2D eigenvalue weighted by Crippen LogP contribution is -2.49. The SMILES string of the molecule is O=C(c1ccc(OCc2ccccc2)cc1)N1CCN(c2c(F)c(F)c(F)c(F)c2F)CC1. The molecular formula is C24H19F5N2O2. The number of rotatable bonds is 5. The lowest BCUT2D eigenvalue weighted by Gasteiger charge is -2.36. The third-order valence-corrected chi connectivity index (χ3v) is 5.42. The maximum atomic E-state index is 14.1. The van der Waals surface area contributed by atoms with E-state index in [1.165, 1.54) is 4.90 Å². The molecule has 1 aliphatic heterocycles. The summed E-state index contributed by atoms with van der Waals surface area (Å²) in [6.07, 6.45) is 0. The number of ether oxygens (including phenoxy) is 1. The largest absolute Gasteiger partial charge is 0.489 e. The molecule has 3 aromatic carbocycles. The highest BCUT2D eigenvalue weighted by molar-refractivity contribution is 5.94. The van der Waals surface area contributed by atoms with Crippen LogP contribution in [0.3, 0.4) is 0 Å². The van der Waals surface area contributed by atoms with Crippen molar-refractivity contribution in [2.45, 2.75) is 6.61 Å². The molecule has 172 valence electrons. The standard InChI is InChI=1S/C24H19F5N2O2/c25-18-19(26)21(28)23(22(29)20(18)27)30-10-12-31(13-11-30)24(32)16-6-8-17(9-7-16)33-14-15-4-2-1-3-5-15/h1-9H,10-14H2. The van der Waals surface area contributed by atoms with Crippen molar-refractivity contribution in [1.82, 2.24) is 4.90 Å². The van der Waals surface area contributed by atoms with E-state index in [1.54, 1.807) is 24.3 Å². The van der Waals surface area contributed by atoms with E-state index in [0.29, 0.717) is 17.9 Å². The van der Waals surface area contributed by atoms with Crippen LogP contribution in [-0.4, -0.2) is 37.0 Å². The van der Waals surface area contributed by atoms with Crippen molar-refractivity contribution >= 4 is 11.6 Å². The van der Waals surface area contributed by atoms with Crippen molar-refractivity contribution in [3.8, 4) is 5.75 Å². The first-order chi connectivity index (χ1) is 15.9. The summed E-state index contributed by atoms with van der Waals surface area (Å²) in [6.45, 7) is 0.341. The Morgan fingerprint density at radius 2 is 1.27 bits per heavy atom. The summed E-state index contributed by atoms with van der Waals surface area (Å²) >= 11 is 0. The minimum atomic E-state index is -2.20. The van der Waals surface area contributed by atoms with Crippen LogP contribution in [0, 0.1) is 29.1 Å². The summed E-state index contributed by atoms with van der Waals surface area (Å²) in [6, 6.07) is 16.2. The third kappa shape index (κ3) is 4.62. The number of nitrogens with zero attached hydrogens (tertiary/aromatic N) is 2. The van der Waals surface area contributed by atoms with E-state index in [1.807, 2.05) is 30.3 Å². The van der Waals surface area contributed by atoms with E-state index >= 15 is 0 Å². The van der Waals surface area contributed by atoms with Crippen LogP contribution >= 0.6 is 0 Å². The number of carbonyl (C=O) groups excluding carboxylic acids is 1. The molecule has 0 unspecified atom stereocenters. The van der Waals surface area contributed by atoms with Crippen LogP contribution < -0.4 is 9.64 Å². The van der Waals surface area contributed by atoms with Gasteiger partial charge < -0.3 is 14.5 Å². The zero-order valence-corrected chi connectivity index (χ0v) is 17.3. The van der Waals surface area contributed by atoms with E-state index in [0.717, 1.165) is 10.5 Å². The van der Waals surface area contributed by atoms with Gasteiger partial charge in [0.1, 0.15) is 18.0 Å². The average Bonchev–Trinajstić information content (AvgIpc) is 2.86. The lowest BCUT2D eigenvalue weighted by atomic mass is 10.1. The summed E-state index contributed by atoms with van der Waals surface area (Å²) in [4.78, 5) is 15.3. The summed E-state index contributed by atoms with van der Waals surface area (Å²) < 4.78 is 74.1. The van der Waals surface area contributed by atoms with Crippen LogP contribution in [0.2, 0.25) is 0 Å². The Bertz CT molecular complexity index is 1120. The minimum absolute atomic E-state index is 0.0601. The molecule has 1 aliphatic rings. The number of amides is 1. The molecule has 1 amide bonds. The number of carbonyl (C=O) groups is 1. The fraction of sp³-hybridized carbons (Fsp3) is 0.208. The molecule has 0 aliphatic carbocycles. The Morgan fingerprint density at radius 1 is 0.727 bits per heavy atom. The molecule has 0 radical (unpaired) electrons. The van der Waals surface area contributed by atoms with Crippen LogP contribution in [0.4, 0.5) is 27.6 Å². The van der Waals surface area contributed by atoms with E-state index in [-0.39, 0.29) is 32.1 Å².